The number of nitrogens with one attached hydrogen (secondary N) is 1. The van der Waals surface area contributed by atoms with Gasteiger partial charge in [-0.05, 0) is 29.3 Å². The highest BCUT2D eigenvalue weighted by Crippen LogP contribution is 2.21. The Hall–Kier alpha value is -1.69. The van der Waals surface area contributed by atoms with Gasteiger partial charge in [-0.25, -0.2) is 4.79 Å². The lowest BCUT2D eigenvalue weighted by Crippen LogP contribution is -2.45. The molecule has 0 bridgehead atoms. The average molecular weight is 375 g/mol. The Bertz CT molecular complexity index is 688. The molecule has 1 atom stereocenters. The lowest BCUT2D eigenvalue weighted by Gasteiger charge is -2.34. The number of carbonyl (C=O) groups is 1. The van der Waals surface area contributed by atoms with Crippen molar-refractivity contribution >= 4 is 21.9 Å². The second kappa shape index (κ2) is 7.25. The Morgan fingerprint density at radius 3 is 2.70 bits per heavy atom. The molecule has 23 heavy (non-hydrogen) atoms. The molecule has 5 heteroatoms. The van der Waals surface area contributed by atoms with Crippen molar-refractivity contribution in [2.45, 2.75) is 12.6 Å². The van der Waals surface area contributed by atoms with E-state index >= 15 is 0 Å². The van der Waals surface area contributed by atoms with Gasteiger partial charge in [-0.2, -0.15) is 0 Å². The first-order valence-corrected chi connectivity index (χ1v) is 8.45. The Morgan fingerprint density at radius 1 is 1.22 bits per heavy atom. The SMILES string of the molecule is O=C(O)c1ccccc1CN1CCNC(c2ccc(Br)cc2)C1. The molecule has 1 saturated heterocycles. The van der Waals surface area contributed by atoms with Crippen LogP contribution in [0.2, 0.25) is 0 Å². The summed E-state index contributed by atoms with van der Waals surface area (Å²) in [6.07, 6.45) is 0. The normalized spacial score (nSPS) is 18.7. The van der Waals surface area contributed by atoms with Crippen LogP contribution in [0.15, 0.2) is 53.0 Å². The number of benzene rings is 2. The van der Waals surface area contributed by atoms with Gasteiger partial charge in [0.25, 0.3) is 0 Å². The van der Waals surface area contributed by atoms with Crippen molar-refractivity contribution < 1.29 is 9.90 Å². The smallest absolute Gasteiger partial charge is 0.336 e. The van der Waals surface area contributed by atoms with Crippen LogP contribution in [0.4, 0.5) is 0 Å². The van der Waals surface area contributed by atoms with Crippen molar-refractivity contribution in [3.8, 4) is 0 Å². The Morgan fingerprint density at radius 2 is 1.96 bits per heavy atom. The number of halogens is 1. The van der Waals surface area contributed by atoms with Crippen LogP contribution in [-0.2, 0) is 6.54 Å². The fourth-order valence-electron chi connectivity index (χ4n) is 2.98. The average Bonchev–Trinajstić information content (AvgIpc) is 2.56. The maximum Gasteiger partial charge on any atom is 0.336 e. The minimum Gasteiger partial charge on any atom is -0.478 e. The van der Waals surface area contributed by atoms with Crippen LogP contribution in [-0.4, -0.2) is 35.6 Å². The van der Waals surface area contributed by atoms with Crippen molar-refractivity contribution in [1.29, 1.82) is 0 Å². The quantitative estimate of drug-likeness (QED) is 0.861. The zero-order valence-electron chi connectivity index (χ0n) is 12.7. The summed E-state index contributed by atoms with van der Waals surface area (Å²) in [5.74, 6) is -0.861. The lowest BCUT2D eigenvalue weighted by atomic mass is 10.0. The summed E-state index contributed by atoms with van der Waals surface area (Å²) in [6, 6.07) is 15.9. The number of carboxylic acid groups (broad SMARTS) is 1. The Balaban J connectivity index is 1.72. The van der Waals surface area contributed by atoms with E-state index in [9.17, 15) is 9.90 Å². The second-order valence-corrected chi connectivity index (χ2v) is 6.67. The van der Waals surface area contributed by atoms with Crippen LogP contribution in [0.3, 0.4) is 0 Å². The van der Waals surface area contributed by atoms with Crippen molar-refractivity contribution in [3.05, 3.63) is 69.7 Å². The molecule has 2 aromatic carbocycles. The molecule has 3 rings (SSSR count). The summed E-state index contributed by atoms with van der Waals surface area (Å²) in [5.41, 5.74) is 2.52. The van der Waals surface area contributed by atoms with Gasteiger partial charge in [0.15, 0.2) is 0 Å². The summed E-state index contributed by atoms with van der Waals surface area (Å²) >= 11 is 3.46. The predicted octanol–water partition coefficient (Wildman–Crippen LogP) is 3.29. The molecule has 0 spiro atoms. The number of rotatable bonds is 4. The summed E-state index contributed by atoms with van der Waals surface area (Å²) in [7, 11) is 0. The molecule has 120 valence electrons. The fraction of sp³-hybridized carbons (Fsp3) is 0.278. The van der Waals surface area contributed by atoms with E-state index in [2.05, 4.69) is 50.4 Å². The van der Waals surface area contributed by atoms with Crippen LogP contribution in [0, 0.1) is 0 Å². The number of carboxylic acids is 1. The Labute approximate surface area is 144 Å². The molecule has 0 amide bonds. The zero-order valence-corrected chi connectivity index (χ0v) is 14.3. The summed E-state index contributed by atoms with van der Waals surface area (Å²) in [4.78, 5) is 13.7. The van der Waals surface area contributed by atoms with Gasteiger partial charge in [0, 0.05) is 36.7 Å². The molecule has 4 nitrogen and oxygen atoms in total. The van der Waals surface area contributed by atoms with Crippen LogP contribution < -0.4 is 5.32 Å². The van der Waals surface area contributed by atoms with Crippen LogP contribution in [0.1, 0.15) is 27.5 Å². The third-order valence-corrected chi connectivity index (χ3v) is 4.70. The van der Waals surface area contributed by atoms with E-state index in [4.69, 9.17) is 0 Å². The van der Waals surface area contributed by atoms with Crippen molar-refractivity contribution in [2.75, 3.05) is 19.6 Å². The summed E-state index contributed by atoms with van der Waals surface area (Å²) < 4.78 is 1.07. The van der Waals surface area contributed by atoms with E-state index in [0.29, 0.717) is 12.1 Å². The minimum atomic E-state index is -0.861. The van der Waals surface area contributed by atoms with Gasteiger partial charge in [-0.15, -0.1) is 0 Å². The molecular weight excluding hydrogens is 356 g/mol. The molecule has 1 heterocycles. The molecular formula is C18H19BrN2O2. The number of nitrogens with zero attached hydrogens (tertiary/aromatic N) is 1. The van der Waals surface area contributed by atoms with Crippen molar-refractivity contribution in [2.24, 2.45) is 0 Å². The van der Waals surface area contributed by atoms with Gasteiger partial charge in [0.2, 0.25) is 0 Å². The number of hydrogen-bond donors (Lipinski definition) is 2. The molecule has 0 aromatic heterocycles. The molecule has 2 aromatic rings. The van der Waals surface area contributed by atoms with Gasteiger partial charge in [-0.3, -0.25) is 4.90 Å². The van der Waals surface area contributed by atoms with E-state index in [1.165, 1.54) is 5.56 Å². The minimum absolute atomic E-state index is 0.272. The third kappa shape index (κ3) is 3.99. The predicted molar refractivity (Wildman–Crippen MR) is 93.6 cm³/mol. The highest BCUT2D eigenvalue weighted by molar-refractivity contribution is 9.10. The van der Waals surface area contributed by atoms with E-state index in [-0.39, 0.29) is 6.04 Å². The first kappa shape index (κ1) is 16.2. The first-order chi connectivity index (χ1) is 11.1. The maximum atomic E-state index is 11.3. The monoisotopic (exact) mass is 374 g/mol. The number of aromatic carboxylic acids is 1. The van der Waals surface area contributed by atoms with Crippen molar-refractivity contribution in [1.82, 2.24) is 10.2 Å². The standard InChI is InChI=1S/C18H19BrN2O2/c19-15-7-5-13(6-8-15)17-12-21(10-9-20-17)11-14-3-1-2-4-16(14)18(22)23/h1-8,17,20H,9-12H2,(H,22,23). The van der Waals surface area contributed by atoms with Gasteiger partial charge in [0.1, 0.15) is 0 Å². The molecule has 1 aliphatic heterocycles. The van der Waals surface area contributed by atoms with E-state index in [1.807, 2.05) is 12.1 Å². The molecule has 1 aliphatic rings. The zero-order chi connectivity index (χ0) is 16.2. The van der Waals surface area contributed by atoms with Gasteiger partial charge < -0.3 is 10.4 Å². The van der Waals surface area contributed by atoms with Gasteiger partial charge in [-0.1, -0.05) is 46.3 Å². The number of piperazine rings is 1. The fourth-order valence-corrected chi connectivity index (χ4v) is 3.24. The molecule has 1 unspecified atom stereocenters. The molecule has 1 fully saturated rings. The van der Waals surface area contributed by atoms with Gasteiger partial charge >= 0.3 is 5.97 Å². The molecule has 0 radical (unpaired) electrons. The van der Waals surface area contributed by atoms with Crippen molar-refractivity contribution in [3.63, 3.8) is 0 Å². The van der Waals surface area contributed by atoms with Crippen LogP contribution >= 0.6 is 15.9 Å². The van der Waals surface area contributed by atoms with E-state index in [1.54, 1.807) is 12.1 Å². The lowest BCUT2D eigenvalue weighted by molar-refractivity contribution is 0.0694. The maximum absolute atomic E-state index is 11.3. The largest absolute Gasteiger partial charge is 0.478 e. The molecule has 0 saturated carbocycles. The highest BCUT2D eigenvalue weighted by Gasteiger charge is 2.22. The topological polar surface area (TPSA) is 52.6 Å². The van der Waals surface area contributed by atoms with Gasteiger partial charge in [0.05, 0.1) is 5.56 Å². The second-order valence-electron chi connectivity index (χ2n) is 5.76. The molecule has 2 N–H and O–H groups in total. The van der Waals surface area contributed by atoms with E-state index < -0.39 is 5.97 Å². The highest BCUT2D eigenvalue weighted by atomic mass is 79.9. The third-order valence-electron chi connectivity index (χ3n) is 4.17. The van der Waals surface area contributed by atoms with Crippen LogP contribution in [0.5, 0.6) is 0 Å². The summed E-state index contributed by atoms with van der Waals surface area (Å²) in [5, 5.41) is 12.9. The van der Waals surface area contributed by atoms with Crippen LogP contribution in [0.25, 0.3) is 0 Å². The first-order valence-electron chi connectivity index (χ1n) is 7.66. The Kier molecular flexibility index (Phi) is 5.10. The summed E-state index contributed by atoms with van der Waals surface area (Å²) in [6.45, 7) is 3.35. The molecule has 0 aliphatic carbocycles. The van der Waals surface area contributed by atoms with E-state index in [0.717, 1.165) is 29.7 Å². The number of hydrogen-bond acceptors (Lipinski definition) is 3.